The highest BCUT2D eigenvalue weighted by Crippen LogP contribution is 2.39. The first kappa shape index (κ1) is 25.5. The van der Waals surface area contributed by atoms with Crippen LogP contribution in [-0.4, -0.2) is 38.4 Å². The van der Waals surface area contributed by atoms with Gasteiger partial charge >= 0.3 is 5.69 Å². The second-order valence-electron chi connectivity index (χ2n) is 8.17. The molecule has 1 N–H and O–H groups in total. The first-order chi connectivity index (χ1) is 17.7. The Balaban J connectivity index is 1.74. The minimum absolute atomic E-state index is 0.0751. The molecule has 0 radical (unpaired) electrons. The zero-order valence-corrected chi connectivity index (χ0v) is 21.2. The molecule has 0 saturated carbocycles. The molecular formula is C26H22ClN5O5. The predicted octanol–water partition coefficient (Wildman–Crippen LogP) is 3.24. The minimum atomic E-state index is -0.692. The second kappa shape index (κ2) is 10.2. The Labute approximate surface area is 216 Å². The first-order valence-corrected chi connectivity index (χ1v) is 11.4. The van der Waals surface area contributed by atoms with Crippen molar-refractivity contribution in [3.8, 4) is 28.3 Å². The largest absolute Gasteiger partial charge is 0.479 e. The SMILES string of the molecule is COc1nc(-c2cccc(-c3cccc(NC(=O)c4cn(C)c(=O)n(C)c4=O)c3C)c2Cl)cnc1C=O. The lowest BCUT2D eigenvalue weighted by molar-refractivity contribution is 0.102. The number of benzene rings is 2. The fraction of sp³-hybridized carbons (Fsp3) is 0.154. The monoisotopic (exact) mass is 519 g/mol. The van der Waals surface area contributed by atoms with Crippen LogP contribution in [0.5, 0.6) is 5.88 Å². The molecule has 11 heteroatoms. The van der Waals surface area contributed by atoms with Crippen LogP contribution in [0.1, 0.15) is 26.4 Å². The Bertz CT molecular complexity index is 1680. The topological polar surface area (TPSA) is 125 Å². The summed E-state index contributed by atoms with van der Waals surface area (Å²) in [4.78, 5) is 57.0. The van der Waals surface area contributed by atoms with Gasteiger partial charge in [-0.2, -0.15) is 0 Å². The number of ether oxygens (including phenoxy) is 1. The van der Waals surface area contributed by atoms with Gasteiger partial charge in [-0.05, 0) is 24.1 Å². The Morgan fingerprint density at radius 1 is 1.08 bits per heavy atom. The summed E-state index contributed by atoms with van der Waals surface area (Å²) in [6, 6.07) is 10.7. The number of nitrogens with one attached hydrogen (secondary N) is 1. The molecule has 0 aliphatic carbocycles. The maximum atomic E-state index is 13.0. The van der Waals surface area contributed by atoms with E-state index in [1.807, 2.05) is 19.1 Å². The van der Waals surface area contributed by atoms with Gasteiger partial charge in [-0.1, -0.05) is 41.9 Å². The van der Waals surface area contributed by atoms with Gasteiger partial charge in [0, 0.05) is 37.1 Å². The minimum Gasteiger partial charge on any atom is -0.479 e. The van der Waals surface area contributed by atoms with Crippen molar-refractivity contribution in [1.29, 1.82) is 0 Å². The van der Waals surface area contributed by atoms with E-state index in [1.165, 1.54) is 38.2 Å². The number of carbonyl (C=O) groups is 2. The highest BCUT2D eigenvalue weighted by Gasteiger charge is 2.19. The molecular weight excluding hydrogens is 498 g/mol. The second-order valence-corrected chi connectivity index (χ2v) is 8.55. The Kier molecular flexibility index (Phi) is 7.03. The molecule has 2 heterocycles. The van der Waals surface area contributed by atoms with Crippen LogP contribution in [0.3, 0.4) is 0 Å². The third kappa shape index (κ3) is 4.66. The van der Waals surface area contributed by atoms with Crippen molar-refractivity contribution in [2.45, 2.75) is 6.92 Å². The smallest absolute Gasteiger partial charge is 0.330 e. The first-order valence-electron chi connectivity index (χ1n) is 11.0. The molecule has 2 aromatic carbocycles. The average Bonchev–Trinajstić information content (AvgIpc) is 2.90. The lowest BCUT2D eigenvalue weighted by Crippen LogP contribution is -2.40. The Morgan fingerprint density at radius 2 is 1.76 bits per heavy atom. The number of anilines is 1. The van der Waals surface area contributed by atoms with Gasteiger partial charge in [0.15, 0.2) is 12.0 Å². The number of halogens is 1. The summed E-state index contributed by atoms with van der Waals surface area (Å²) < 4.78 is 7.21. The van der Waals surface area contributed by atoms with Crippen LogP contribution in [0.2, 0.25) is 5.02 Å². The molecule has 0 unspecified atom stereocenters. The molecule has 10 nitrogen and oxygen atoms in total. The number of rotatable bonds is 6. The van der Waals surface area contributed by atoms with Crippen molar-refractivity contribution >= 4 is 29.5 Å². The van der Waals surface area contributed by atoms with E-state index in [0.29, 0.717) is 39.4 Å². The van der Waals surface area contributed by atoms with Crippen molar-refractivity contribution in [2.75, 3.05) is 12.4 Å². The molecule has 188 valence electrons. The van der Waals surface area contributed by atoms with Crippen LogP contribution >= 0.6 is 11.6 Å². The molecule has 0 aliphatic rings. The highest BCUT2D eigenvalue weighted by molar-refractivity contribution is 6.36. The number of hydrogen-bond acceptors (Lipinski definition) is 7. The van der Waals surface area contributed by atoms with Crippen molar-refractivity contribution in [2.24, 2.45) is 14.1 Å². The van der Waals surface area contributed by atoms with Gasteiger partial charge < -0.3 is 14.6 Å². The van der Waals surface area contributed by atoms with Gasteiger partial charge in [0.1, 0.15) is 5.56 Å². The number of aldehydes is 1. The van der Waals surface area contributed by atoms with E-state index in [2.05, 4.69) is 15.3 Å². The van der Waals surface area contributed by atoms with Gasteiger partial charge in [0.2, 0.25) is 5.88 Å². The lowest BCUT2D eigenvalue weighted by Gasteiger charge is -2.16. The molecule has 0 saturated heterocycles. The van der Waals surface area contributed by atoms with Crippen LogP contribution in [-0.2, 0) is 14.1 Å². The molecule has 0 atom stereocenters. The van der Waals surface area contributed by atoms with Gasteiger partial charge in [-0.3, -0.25) is 19.0 Å². The fourth-order valence-electron chi connectivity index (χ4n) is 3.90. The predicted molar refractivity (Wildman–Crippen MR) is 139 cm³/mol. The highest BCUT2D eigenvalue weighted by atomic mass is 35.5. The van der Waals surface area contributed by atoms with Crippen LogP contribution in [0, 0.1) is 6.92 Å². The summed E-state index contributed by atoms with van der Waals surface area (Å²) in [5, 5.41) is 3.15. The quantitative estimate of drug-likeness (QED) is 0.387. The van der Waals surface area contributed by atoms with Crippen LogP contribution in [0.15, 0.2) is 58.4 Å². The number of nitrogens with zero attached hydrogens (tertiary/aromatic N) is 4. The van der Waals surface area contributed by atoms with Gasteiger partial charge in [0.25, 0.3) is 11.5 Å². The third-order valence-electron chi connectivity index (χ3n) is 5.91. The van der Waals surface area contributed by atoms with Crippen LogP contribution in [0.4, 0.5) is 5.69 Å². The summed E-state index contributed by atoms with van der Waals surface area (Å²) in [6.45, 7) is 1.81. The standard InChI is InChI=1S/C26H22ClN5O5/c1-14-15(7-6-10-19(14)29-23(34)18-12-31(2)26(36)32(3)25(18)35)16-8-5-9-17(22(16)27)20-11-28-21(13-33)24(30-20)37-4/h5-13H,1-4H3,(H,29,34). The molecule has 0 bridgehead atoms. The Hall–Kier alpha value is -4.57. The zero-order valence-electron chi connectivity index (χ0n) is 20.4. The normalized spacial score (nSPS) is 10.7. The maximum absolute atomic E-state index is 13.0. The molecule has 37 heavy (non-hydrogen) atoms. The number of carbonyl (C=O) groups excluding carboxylic acids is 2. The summed E-state index contributed by atoms with van der Waals surface area (Å²) in [7, 11) is 4.17. The van der Waals surface area contributed by atoms with Crippen LogP contribution < -0.4 is 21.3 Å². The van der Waals surface area contributed by atoms with Crippen molar-refractivity contribution < 1.29 is 14.3 Å². The van der Waals surface area contributed by atoms with E-state index in [9.17, 15) is 19.2 Å². The molecule has 0 spiro atoms. The van der Waals surface area contributed by atoms with E-state index in [0.717, 1.165) is 10.1 Å². The molecule has 0 fully saturated rings. The van der Waals surface area contributed by atoms with E-state index in [-0.39, 0.29) is 17.1 Å². The van der Waals surface area contributed by atoms with E-state index < -0.39 is 17.2 Å². The van der Waals surface area contributed by atoms with Crippen molar-refractivity contribution in [3.05, 3.63) is 91.5 Å². The van der Waals surface area contributed by atoms with E-state index in [1.54, 1.807) is 24.3 Å². The van der Waals surface area contributed by atoms with E-state index in [4.69, 9.17) is 16.3 Å². The van der Waals surface area contributed by atoms with Crippen molar-refractivity contribution in [3.63, 3.8) is 0 Å². The average molecular weight is 520 g/mol. The lowest BCUT2D eigenvalue weighted by atomic mass is 9.96. The number of hydrogen-bond donors (Lipinski definition) is 1. The number of aromatic nitrogens is 4. The van der Waals surface area contributed by atoms with Gasteiger partial charge in [-0.25, -0.2) is 14.8 Å². The third-order valence-corrected chi connectivity index (χ3v) is 6.32. The Morgan fingerprint density at radius 3 is 2.46 bits per heavy atom. The molecule has 4 rings (SSSR count). The van der Waals surface area contributed by atoms with Gasteiger partial charge in [0.05, 0.1) is 24.0 Å². The summed E-state index contributed by atoms with van der Waals surface area (Å²) in [6.07, 6.45) is 3.21. The van der Waals surface area contributed by atoms with Crippen LogP contribution in [0.25, 0.3) is 22.4 Å². The fourth-order valence-corrected chi connectivity index (χ4v) is 4.22. The zero-order chi connectivity index (χ0) is 26.9. The maximum Gasteiger partial charge on any atom is 0.330 e. The molecule has 1 amide bonds. The van der Waals surface area contributed by atoms with Gasteiger partial charge in [-0.15, -0.1) is 0 Å². The summed E-state index contributed by atoms with van der Waals surface area (Å²) in [5.41, 5.74) is 2.26. The number of aryl methyl sites for hydroxylation is 1. The van der Waals surface area contributed by atoms with Crippen molar-refractivity contribution in [1.82, 2.24) is 19.1 Å². The molecule has 2 aromatic heterocycles. The summed E-state index contributed by atoms with van der Waals surface area (Å²) in [5.74, 6) is -0.562. The molecule has 4 aromatic rings. The number of amides is 1. The molecule has 0 aliphatic heterocycles. The van der Waals surface area contributed by atoms with E-state index >= 15 is 0 Å². The summed E-state index contributed by atoms with van der Waals surface area (Å²) >= 11 is 6.80. The number of methoxy groups -OCH3 is 1.